The van der Waals surface area contributed by atoms with E-state index in [9.17, 15) is 4.79 Å². The Morgan fingerprint density at radius 2 is 1.90 bits per heavy atom. The largest absolute Gasteiger partial charge is 0.378 e. The minimum absolute atomic E-state index is 0.211. The highest BCUT2D eigenvalue weighted by Crippen LogP contribution is 2.35. The Hall–Kier alpha value is -1.38. The molecule has 0 N–H and O–H groups in total. The maximum Gasteiger partial charge on any atom is 0.163 e. The molecule has 3 heteroatoms. The molecule has 2 aromatic rings. The van der Waals surface area contributed by atoms with Crippen molar-refractivity contribution in [2.24, 2.45) is 5.92 Å². The summed E-state index contributed by atoms with van der Waals surface area (Å²) in [4.78, 5) is 12.6. The fraction of sp³-hybridized carbons (Fsp3) is 0.389. The van der Waals surface area contributed by atoms with Gasteiger partial charge in [0, 0.05) is 29.0 Å². The van der Waals surface area contributed by atoms with E-state index in [4.69, 9.17) is 16.3 Å². The maximum absolute atomic E-state index is 12.6. The zero-order valence-electron chi connectivity index (χ0n) is 12.1. The van der Waals surface area contributed by atoms with Crippen molar-refractivity contribution in [2.75, 3.05) is 6.61 Å². The molecule has 0 amide bonds. The fourth-order valence-electron chi connectivity index (χ4n) is 3.09. The fourth-order valence-corrected chi connectivity index (χ4v) is 3.32. The molecule has 2 aromatic carbocycles. The average molecular weight is 303 g/mol. The Bertz CT molecular complexity index is 659. The summed E-state index contributed by atoms with van der Waals surface area (Å²) >= 11 is 6.20. The van der Waals surface area contributed by atoms with E-state index in [2.05, 4.69) is 0 Å². The molecule has 0 saturated heterocycles. The van der Waals surface area contributed by atoms with Gasteiger partial charge in [-0.2, -0.15) is 0 Å². The van der Waals surface area contributed by atoms with E-state index in [1.54, 1.807) is 0 Å². The number of Topliss-reactive ketones (excluding diaryl/α,β-unsaturated/α-hetero) is 1. The second kappa shape index (κ2) is 6.17. The van der Waals surface area contributed by atoms with Crippen molar-refractivity contribution in [1.82, 2.24) is 0 Å². The molecule has 0 aromatic heterocycles. The molecule has 1 saturated carbocycles. The van der Waals surface area contributed by atoms with Crippen molar-refractivity contribution in [3.63, 3.8) is 0 Å². The van der Waals surface area contributed by atoms with Gasteiger partial charge in [0.2, 0.25) is 0 Å². The lowest BCUT2D eigenvalue weighted by Gasteiger charge is -2.34. The molecular formula is C18H19ClO2. The summed E-state index contributed by atoms with van der Waals surface area (Å²) < 4.78 is 5.55. The van der Waals surface area contributed by atoms with Crippen molar-refractivity contribution in [3.8, 4) is 0 Å². The van der Waals surface area contributed by atoms with Crippen molar-refractivity contribution in [1.29, 1.82) is 0 Å². The van der Waals surface area contributed by atoms with Gasteiger partial charge in [0.15, 0.2) is 5.78 Å². The second-order valence-corrected chi connectivity index (χ2v) is 6.09. The lowest BCUT2D eigenvalue weighted by atomic mass is 9.78. The predicted molar refractivity (Wildman–Crippen MR) is 86.0 cm³/mol. The Morgan fingerprint density at radius 3 is 2.62 bits per heavy atom. The van der Waals surface area contributed by atoms with Gasteiger partial charge in [-0.05, 0) is 43.2 Å². The van der Waals surface area contributed by atoms with Crippen LogP contribution in [0.1, 0.15) is 36.5 Å². The molecule has 0 unspecified atom stereocenters. The number of fused-ring (bicyclic) bond motifs is 1. The van der Waals surface area contributed by atoms with E-state index in [-0.39, 0.29) is 5.78 Å². The first-order chi connectivity index (χ1) is 10.2. The van der Waals surface area contributed by atoms with Crippen molar-refractivity contribution >= 4 is 28.2 Å². The first-order valence-corrected chi connectivity index (χ1v) is 7.89. The highest BCUT2D eigenvalue weighted by Gasteiger charge is 2.31. The van der Waals surface area contributed by atoms with Crippen LogP contribution in [0.15, 0.2) is 36.4 Å². The molecule has 2 nitrogen and oxygen atoms in total. The molecule has 21 heavy (non-hydrogen) atoms. The Kier molecular flexibility index (Phi) is 4.27. The monoisotopic (exact) mass is 302 g/mol. The Balaban J connectivity index is 1.75. The van der Waals surface area contributed by atoms with Gasteiger partial charge < -0.3 is 4.74 Å². The molecular weight excluding hydrogens is 284 g/mol. The average Bonchev–Trinajstić information content (AvgIpc) is 2.45. The van der Waals surface area contributed by atoms with Crippen LogP contribution in [-0.2, 0) is 4.74 Å². The number of carbonyl (C=O) groups is 1. The number of hydrogen-bond donors (Lipinski definition) is 0. The van der Waals surface area contributed by atoms with Gasteiger partial charge in [0.05, 0.1) is 6.10 Å². The van der Waals surface area contributed by atoms with Crippen LogP contribution in [0.4, 0.5) is 0 Å². The van der Waals surface area contributed by atoms with Crippen molar-refractivity contribution in [2.45, 2.75) is 32.3 Å². The van der Waals surface area contributed by atoms with Crippen molar-refractivity contribution < 1.29 is 9.53 Å². The van der Waals surface area contributed by atoms with Crippen LogP contribution in [0.25, 0.3) is 10.8 Å². The summed E-state index contributed by atoms with van der Waals surface area (Å²) in [6, 6.07) is 11.5. The molecule has 0 aliphatic heterocycles. The Labute approximate surface area is 130 Å². The van der Waals surface area contributed by atoms with Crippen LogP contribution in [0.2, 0.25) is 5.02 Å². The van der Waals surface area contributed by atoms with Gasteiger partial charge in [0.1, 0.15) is 0 Å². The number of benzene rings is 2. The third kappa shape index (κ3) is 2.97. The van der Waals surface area contributed by atoms with E-state index < -0.39 is 0 Å². The molecule has 0 atom stereocenters. The highest BCUT2D eigenvalue weighted by atomic mass is 35.5. The van der Waals surface area contributed by atoms with Crippen LogP contribution in [0.3, 0.4) is 0 Å². The van der Waals surface area contributed by atoms with Gasteiger partial charge in [-0.3, -0.25) is 4.79 Å². The lowest BCUT2D eigenvalue weighted by molar-refractivity contribution is -0.0245. The maximum atomic E-state index is 12.6. The van der Waals surface area contributed by atoms with Crippen LogP contribution < -0.4 is 0 Å². The summed E-state index contributed by atoms with van der Waals surface area (Å²) in [5.41, 5.74) is 0.787. The van der Waals surface area contributed by atoms with Crippen LogP contribution >= 0.6 is 11.6 Å². The molecule has 110 valence electrons. The summed E-state index contributed by atoms with van der Waals surface area (Å²) in [5, 5.41) is 2.60. The third-order valence-corrected chi connectivity index (χ3v) is 4.57. The summed E-state index contributed by atoms with van der Waals surface area (Å²) in [6.45, 7) is 2.77. The zero-order chi connectivity index (χ0) is 14.8. The summed E-state index contributed by atoms with van der Waals surface area (Å²) in [7, 11) is 0. The topological polar surface area (TPSA) is 26.3 Å². The van der Waals surface area contributed by atoms with Gasteiger partial charge in [0.25, 0.3) is 0 Å². The number of ketones is 1. The second-order valence-electron chi connectivity index (χ2n) is 5.68. The number of rotatable bonds is 5. The normalized spacial score (nSPS) is 21.2. The number of hydrogen-bond acceptors (Lipinski definition) is 2. The minimum atomic E-state index is 0.211. The summed E-state index contributed by atoms with van der Waals surface area (Å²) in [5.74, 6) is 0.673. The van der Waals surface area contributed by atoms with E-state index in [0.717, 1.165) is 35.8 Å². The number of ether oxygens (including phenoxy) is 1. The number of halogens is 1. The van der Waals surface area contributed by atoms with Gasteiger partial charge in [-0.25, -0.2) is 0 Å². The standard InChI is InChI=1S/C18H19ClO2/c1-2-21-13-9-12(10-13)11-18(20)16-7-8-17(19)15-6-4-3-5-14(15)16/h3-8,12-13H,2,9-11H2,1H3. The molecule has 1 aliphatic rings. The summed E-state index contributed by atoms with van der Waals surface area (Å²) in [6.07, 6.45) is 2.97. The van der Waals surface area contributed by atoms with Crippen molar-refractivity contribution in [3.05, 3.63) is 47.0 Å². The Morgan fingerprint density at radius 1 is 1.19 bits per heavy atom. The van der Waals surface area contributed by atoms with Crippen LogP contribution in [0, 0.1) is 5.92 Å². The molecule has 0 spiro atoms. The molecule has 0 radical (unpaired) electrons. The first-order valence-electron chi connectivity index (χ1n) is 7.51. The quantitative estimate of drug-likeness (QED) is 0.736. The van der Waals surface area contributed by atoms with Gasteiger partial charge >= 0.3 is 0 Å². The molecule has 0 bridgehead atoms. The van der Waals surface area contributed by atoms with Crippen LogP contribution in [0.5, 0.6) is 0 Å². The molecule has 0 heterocycles. The van der Waals surface area contributed by atoms with E-state index in [1.807, 2.05) is 43.3 Å². The first kappa shape index (κ1) is 14.6. The van der Waals surface area contributed by atoms with Gasteiger partial charge in [-0.1, -0.05) is 35.9 Å². The lowest BCUT2D eigenvalue weighted by Crippen LogP contribution is -2.32. The molecule has 1 fully saturated rings. The zero-order valence-corrected chi connectivity index (χ0v) is 12.9. The highest BCUT2D eigenvalue weighted by molar-refractivity contribution is 6.36. The smallest absolute Gasteiger partial charge is 0.163 e. The molecule has 3 rings (SSSR count). The predicted octanol–water partition coefficient (Wildman–Crippen LogP) is 4.88. The van der Waals surface area contributed by atoms with Crippen LogP contribution in [-0.4, -0.2) is 18.5 Å². The van der Waals surface area contributed by atoms with E-state index in [1.165, 1.54) is 0 Å². The van der Waals surface area contributed by atoms with E-state index >= 15 is 0 Å². The SMILES string of the molecule is CCOC1CC(CC(=O)c2ccc(Cl)c3ccccc23)C1. The third-order valence-electron chi connectivity index (χ3n) is 4.24. The van der Waals surface area contributed by atoms with E-state index in [0.29, 0.717) is 23.5 Å². The molecule has 1 aliphatic carbocycles. The van der Waals surface area contributed by atoms with Gasteiger partial charge in [-0.15, -0.1) is 0 Å². The number of carbonyl (C=O) groups excluding carboxylic acids is 1. The minimum Gasteiger partial charge on any atom is -0.378 e.